The second kappa shape index (κ2) is 10.0. The van der Waals surface area contributed by atoms with E-state index in [1.807, 2.05) is 0 Å². The second-order valence-electron chi connectivity index (χ2n) is 6.58. The molecule has 1 heterocycles. The number of anilines is 2. The lowest BCUT2D eigenvalue weighted by Crippen LogP contribution is -2.30. The number of sulfonamides is 1. The van der Waals surface area contributed by atoms with Crippen LogP contribution in [0.1, 0.15) is 17.3 Å². The third-order valence-electron chi connectivity index (χ3n) is 4.27. The van der Waals surface area contributed by atoms with Crippen LogP contribution in [-0.2, 0) is 19.6 Å². The maximum atomic E-state index is 14.0. The summed E-state index contributed by atoms with van der Waals surface area (Å²) in [4.78, 5) is 32.0. The average molecular weight is 474 g/mol. The summed E-state index contributed by atoms with van der Waals surface area (Å²) in [6.45, 7) is 1.32. The first-order valence-corrected chi connectivity index (χ1v) is 10.9. The first kappa shape index (κ1) is 23.6. The summed E-state index contributed by atoms with van der Waals surface area (Å²) in [7, 11) is -2.58. The Bertz CT molecular complexity index is 1250. The van der Waals surface area contributed by atoms with Gasteiger partial charge in [-0.3, -0.25) is 4.79 Å². The Morgan fingerprint density at radius 3 is 2.33 bits per heavy atom. The van der Waals surface area contributed by atoms with E-state index in [2.05, 4.69) is 20.0 Å². The van der Waals surface area contributed by atoms with E-state index < -0.39 is 33.8 Å². The van der Waals surface area contributed by atoms with Gasteiger partial charge in [0.2, 0.25) is 5.95 Å². The fraction of sp³-hybridized carbons (Fsp3) is 0.143. The van der Waals surface area contributed by atoms with Gasteiger partial charge in [0.1, 0.15) is 11.6 Å². The summed E-state index contributed by atoms with van der Waals surface area (Å²) >= 11 is 0. The molecule has 0 spiro atoms. The number of nitrogens with one attached hydrogen (secondary N) is 2. The van der Waals surface area contributed by atoms with Crippen LogP contribution in [0.15, 0.2) is 65.8 Å². The summed E-state index contributed by atoms with van der Waals surface area (Å²) < 4.78 is 50.9. The molecule has 1 unspecified atom stereocenters. The minimum atomic E-state index is -3.93. The molecule has 2 N–H and O–H groups in total. The molecule has 3 rings (SSSR count). The number of carbonyl (C=O) groups excluding carboxylic acids is 2. The number of esters is 1. The molecule has 0 aliphatic rings. The Labute approximate surface area is 188 Å². The van der Waals surface area contributed by atoms with Crippen molar-refractivity contribution >= 4 is 33.5 Å². The van der Waals surface area contributed by atoms with Crippen molar-refractivity contribution in [2.24, 2.45) is 0 Å². The highest BCUT2D eigenvalue weighted by Gasteiger charge is 2.22. The zero-order chi connectivity index (χ0) is 24.0. The normalized spacial score (nSPS) is 11.8. The van der Waals surface area contributed by atoms with Gasteiger partial charge < -0.3 is 14.8 Å². The van der Waals surface area contributed by atoms with E-state index in [0.29, 0.717) is 0 Å². The first-order chi connectivity index (χ1) is 15.7. The van der Waals surface area contributed by atoms with E-state index in [0.717, 1.165) is 6.07 Å². The van der Waals surface area contributed by atoms with E-state index in [-0.39, 0.29) is 27.8 Å². The van der Waals surface area contributed by atoms with Crippen LogP contribution < -0.4 is 14.8 Å². The van der Waals surface area contributed by atoms with Crippen molar-refractivity contribution in [2.75, 3.05) is 17.1 Å². The largest absolute Gasteiger partial charge is 0.497 e. The van der Waals surface area contributed by atoms with E-state index in [1.54, 1.807) is 6.07 Å². The molecule has 0 fully saturated rings. The summed E-state index contributed by atoms with van der Waals surface area (Å²) in [6, 6.07) is 10.4. The number of ether oxygens (including phenoxy) is 2. The number of aromatic nitrogens is 2. The lowest BCUT2D eigenvalue weighted by atomic mass is 10.2. The van der Waals surface area contributed by atoms with Gasteiger partial charge in [-0.1, -0.05) is 0 Å². The summed E-state index contributed by atoms with van der Waals surface area (Å²) in [5, 5.41) is 2.49. The summed E-state index contributed by atoms with van der Waals surface area (Å²) in [6.07, 6.45) is 1.53. The van der Waals surface area contributed by atoms with Crippen molar-refractivity contribution in [3.63, 3.8) is 0 Å². The van der Waals surface area contributed by atoms with E-state index in [4.69, 9.17) is 9.47 Å². The van der Waals surface area contributed by atoms with Crippen LogP contribution in [-0.4, -0.2) is 43.5 Å². The number of rotatable bonds is 8. The van der Waals surface area contributed by atoms with Crippen LogP contribution in [0, 0.1) is 5.82 Å². The van der Waals surface area contributed by atoms with Crippen LogP contribution in [0.4, 0.5) is 16.0 Å². The van der Waals surface area contributed by atoms with Gasteiger partial charge in [-0.15, -0.1) is 0 Å². The highest BCUT2D eigenvalue weighted by Crippen LogP contribution is 2.19. The number of hydrogen-bond acceptors (Lipinski definition) is 8. The Balaban J connectivity index is 1.61. The molecule has 2 aromatic carbocycles. The lowest BCUT2D eigenvalue weighted by molar-refractivity contribution is -0.123. The van der Waals surface area contributed by atoms with E-state index >= 15 is 0 Å². The minimum Gasteiger partial charge on any atom is -0.497 e. The molecule has 0 radical (unpaired) electrons. The molecule has 3 aromatic rings. The quantitative estimate of drug-likeness (QED) is 0.476. The number of halogens is 1. The van der Waals surface area contributed by atoms with Gasteiger partial charge in [0.05, 0.1) is 17.6 Å². The first-order valence-electron chi connectivity index (χ1n) is 9.45. The smallest absolute Gasteiger partial charge is 0.341 e. The van der Waals surface area contributed by atoms with Crippen LogP contribution in [0.2, 0.25) is 0 Å². The summed E-state index contributed by atoms with van der Waals surface area (Å²) in [5.41, 5.74) is -0.0895. The van der Waals surface area contributed by atoms with Gasteiger partial charge in [0, 0.05) is 24.1 Å². The Morgan fingerprint density at radius 2 is 1.73 bits per heavy atom. The molecule has 172 valence electrons. The van der Waals surface area contributed by atoms with Crippen molar-refractivity contribution < 1.29 is 31.9 Å². The monoisotopic (exact) mass is 474 g/mol. The van der Waals surface area contributed by atoms with Gasteiger partial charge in [0.15, 0.2) is 6.10 Å². The number of benzene rings is 2. The molecule has 1 aromatic heterocycles. The van der Waals surface area contributed by atoms with Crippen LogP contribution in [0.25, 0.3) is 0 Å². The summed E-state index contributed by atoms with van der Waals surface area (Å²) in [5.74, 6) is -2.42. The Kier molecular flexibility index (Phi) is 7.18. The van der Waals surface area contributed by atoms with Gasteiger partial charge in [-0.05, 0) is 49.4 Å². The maximum Gasteiger partial charge on any atom is 0.341 e. The third-order valence-corrected chi connectivity index (χ3v) is 5.62. The predicted molar refractivity (Wildman–Crippen MR) is 116 cm³/mol. The fourth-order valence-electron chi connectivity index (χ4n) is 2.56. The molecule has 10 nitrogen and oxygen atoms in total. The van der Waals surface area contributed by atoms with Crippen molar-refractivity contribution in [1.29, 1.82) is 0 Å². The third kappa shape index (κ3) is 6.01. The topological polar surface area (TPSA) is 137 Å². The van der Waals surface area contributed by atoms with Crippen molar-refractivity contribution in [3.8, 4) is 5.75 Å². The molecule has 0 aliphatic heterocycles. The molecule has 0 bridgehead atoms. The number of amides is 1. The minimum absolute atomic E-state index is 0.0811. The van der Waals surface area contributed by atoms with Gasteiger partial charge >= 0.3 is 5.97 Å². The van der Waals surface area contributed by atoms with Gasteiger partial charge in [0.25, 0.3) is 15.9 Å². The molecule has 0 aliphatic carbocycles. The number of methoxy groups -OCH3 is 1. The van der Waals surface area contributed by atoms with Gasteiger partial charge in [-0.25, -0.2) is 32.3 Å². The zero-order valence-electron chi connectivity index (χ0n) is 17.5. The van der Waals surface area contributed by atoms with Crippen LogP contribution in [0.3, 0.4) is 0 Å². The Morgan fingerprint density at radius 1 is 1.06 bits per heavy atom. The van der Waals surface area contributed by atoms with Crippen molar-refractivity contribution in [2.45, 2.75) is 17.9 Å². The van der Waals surface area contributed by atoms with E-state index in [9.17, 15) is 22.4 Å². The molecular weight excluding hydrogens is 455 g/mol. The van der Waals surface area contributed by atoms with E-state index in [1.165, 1.54) is 62.8 Å². The number of hydrogen-bond donors (Lipinski definition) is 2. The highest BCUT2D eigenvalue weighted by molar-refractivity contribution is 7.92. The molecule has 0 saturated heterocycles. The van der Waals surface area contributed by atoms with Crippen LogP contribution in [0.5, 0.6) is 5.75 Å². The SMILES string of the molecule is COc1ccc(C(=O)OC(C)C(=O)Nc2ccc(S(=O)(=O)Nc3ncccn3)cc2)c(F)c1. The Hall–Kier alpha value is -4.06. The fourth-order valence-corrected chi connectivity index (χ4v) is 3.52. The molecule has 12 heteroatoms. The average Bonchev–Trinajstić information content (AvgIpc) is 2.79. The predicted octanol–water partition coefficient (Wildman–Crippen LogP) is 2.61. The molecule has 1 amide bonds. The van der Waals surface area contributed by atoms with Crippen LogP contribution >= 0.6 is 0 Å². The second-order valence-corrected chi connectivity index (χ2v) is 8.27. The maximum absolute atomic E-state index is 14.0. The lowest BCUT2D eigenvalue weighted by Gasteiger charge is -2.14. The van der Waals surface area contributed by atoms with Crippen molar-refractivity contribution in [3.05, 3.63) is 72.3 Å². The molecular formula is C21H19FN4O6S. The zero-order valence-corrected chi connectivity index (χ0v) is 18.3. The highest BCUT2D eigenvalue weighted by atomic mass is 32.2. The molecule has 33 heavy (non-hydrogen) atoms. The van der Waals surface area contributed by atoms with Gasteiger partial charge in [-0.2, -0.15) is 0 Å². The molecule has 1 atom stereocenters. The molecule has 0 saturated carbocycles. The van der Waals surface area contributed by atoms with Crippen molar-refractivity contribution in [1.82, 2.24) is 9.97 Å². The standard InChI is InChI=1S/C21H19FN4O6S/c1-13(32-20(28)17-9-6-15(31-2)12-18(17)22)19(27)25-14-4-7-16(8-5-14)33(29,30)26-21-23-10-3-11-24-21/h3-13H,1-2H3,(H,25,27)(H,23,24,26). The number of carbonyl (C=O) groups is 2. The number of nitrogens with zero attached hydrogens (tertiary/aromatic N) is 2.